The minimum Gasteiger partial charge on any atom is -0.0654 e. The van der Waals surface area contributed by atoms with E-state index in [9.17, 15) is 0 Å². The van der Waals surface area contributed by atoms with Crippen LogP contribution >= 0.6 is 0 Å². The maximum atomic E-state index is 2.52. The summed E-state index contributed by atoms with van der Waals surface area (Å²) in [7, 11) is 0. The molecular weight excluding hydrogens is 372 g/mol. The van der Waals surface area contributed by atoms with Crippen molar-refractivity contribution in [3.05, 3.63) is 0 Å². The Labute approximate surface area is 200 Å². The average molecular weight is 437 g/mol. The molecule has 0 N–H and O–H groups in total. The Morgan fingerprint density at radius 2 is 1.06 bits per heavy atom. The van der Waals surface area contributed by atoms with Crippen LogP contribution in [0.15, 0.2) is 0 Å². The highest BCUT2D eigenvalue weighted by atomic mass is 14.2. The lowest BCUT2D eigenvalue weighted by Crippen LogP contribution is -2.15. The number of hydrogen-bond donors (Lipinski definition) is 0. The summed E-state index contributed by atoms with van der Waals surface area (Å²) in [5.74, 6) is 7.20. The van der Waals surface area contributed by atoms with Crippen molar-refractivity contribution in [1.29, 1.82) is 0 Å². The van der Waals surface area contributed by atoms with Gasteiger partial charge in [-0.1, -0.05) is 127 Å². The zero-order valence-electron chi connectivity index (χ0n) is 23.8. The third-order valence-corrected chi connectivity index (χ3v) is 8.41. The van der Waals surface area contributed by atoms with Gasteiger partial charge in [-0.25, -0.2) is 0 Å². The monoisotopic (exact) mass is 437 g/mol. The molecule has 0 spiro atoms. The molecule has 0 aliphatic rings. The van der Waals surface area contributed by atoms with Gasteiger partial charge < -0.3 is 0 Å². The van der Waals surface area contributed by atoms with Crippen molar-refractivity contribution in [1.82, 2.24) is 0 Å². The first kappa shape index (κ1) is 31.0. The Kier molecular flexibility index (Phi) is 18.4. The third kappa shape index (κ3) is 16.3. The molecule has 0 amide bonds. The van der Waals surface area contributed by atoms with Crippen LogP contribution in [-0.4, -0.2) is 0 Å². The van der Waals surface area contributed by atoms with Crippen LogP contribution in [0.4, 0.5) is 0 Å². The van der Waals surface area contributed by atoms with Crippen LogP contribution in [0.25, 0.3) is 0 Å². The molecule has 0 saturated carbocycles. The summed E-state index contributed by atoms with van der Waals surface area (Å²) in [6, 6.07) is 0. The van der Waals surface area contributed by atoms with E-state index in [0.29, 0.717) is 0 Å². The van der Waals surface area contributed by atoms with Crippen LogP contribution in [0.2, 0.25) is 0 Å². The molecule has 0 aliphatic carbocycles. The van der Waals surface area contributed by atoms with E-state index in [1.54, 1.807) is 0 Å². The molecule has 0 saturated heterocycles. The highest BCUT2D eigenvalue weighted by Gasteiger charge is 2.19. The molecular formula is C31H64. The maximum absolute atomic E-state index is 2.52. The lowest BCUT2D eigenvalue weighted by atomic mass is 9.80. The standard InChI is InChI=1S/C31H64/c1-11-13-16-26(6)22-27(7)23-29(9)28(8)18-15-14-17-25(5)19-20-31(12-2)30(10)21-24(3)4/h24-31H,11-23H2,1-10H3. The van der Waals surface area contributed by atoms with Crippen LogP contribution in [0.5, 0.6) is 0 Å². The van der Waals surface area contributed by atoms with Crippen LogP contribution in [-0.2, 0) is 0 Å². The largest absolute Gasteiger partial charge is 0.0654 e. The molecule has 0 aromatic rings. The Balaban J connectivity index is 4.01. The van der Waals surface area contributed by atoms with Crippen LogP contribution in [0, 0.1) is 47.3 Å². The fraction of sp³-hybridized carbons (Fsp3) is 1.00. The van der Waals surface area contributed by atoms with Crippen molar-refractivity contribution in [3.8, 4) is 0 Å². The minimum atomic E-state index is 0.846. The highest BCUT2D eigenvalue weighted by Crippen LogP contribution is 2.31. The molecule has 0 radical (unpaired) electrons. The zero-order valence-corrected chi connectivity index (χ0v) is 23.8. The van der Waals surface area contributed by atoms with Crippen molar-refractivity contribution in [2.24, 2.45) is 47.3 Å². The van der Waals surface area contributed by atoms with Crippen molar-refractivity contribution < 1.29 is 0 Å². The van der Waals surface area contributed by atoms with Gasteiger partial charge >= 0.3 is 0 Å². The quantitative estimate of drug-likeness (QED) is 0.166. The van der Waals surface area contributed by atoms with Crippen molar-refractivity contribution in [3.63, 3.8) is 0 Å². The Morgan fingerprint density at radius 1 is 0.452 bits per heavy atom. The first-order chi connectivity index (χ1) is 14.6. The van der Waals surface area contributed by atoms with Gasteiger partial charge in [0.1, 0.15) is 0 Å². The molecule has 31 heavy (non-hydrogen) atoms. The molecule has 0 heterocycles. The fourth-order valence-electron chi connectivity index (χ4n) is 6.03. The van der Waals surface area contributed by atoms with E-state index in [4.69, 9.17) is 0 Å². The van der Waals surface area contributed by atoms with E-state index in [1.165, 1.54) is 83.5 Å². The smallest absolute Gasteiger partial charge is 0.0391 e. The van der Waals surface area contributed by atoms with Gasteiger partial charge in [0, 0.05) is 0 Å². The first-order valence-electron chi connectivity index (χ1n) is 14.6. The van der Waals surface area contributed by atoms with Crippen LogP contribution in [0.1, 0.15) is 153 Å². The van der Waals surface area contributed by atoms with Gasteiger partial charge in [0.05, 0.1) is 0 Å². The van der Waals surface area contributed by atoms with Gasteiger partial charge in [-0.15, -0.1) is 0 Å². The summed E-state index contributed by atoms with van der Waals surface area (Å²) in [5, 5.41) is 0. The summed E-state index contributed by atoms with van der Waals surface area (Å²) in [5.41, 5.74) is 0. The summed E-state index contributed by atoms with van der Waals surface area (Å²) < 4.78 is 0. The maximum Gasteiger partial charge on any atom is -0.0391 e. The van der Waals surface area contributed by atoms with Gasteiger partial charge in [-0.3, -0.25) is 0 Å². The molecule has 0 aromatic heterocycles. The second kappa shape index (κ2) is 18.4. The van der Waals surface area contributed by atoms with E-state index in [1.807, 2.05) is 0 Å². The van der Waals surface area contributed by atoms with E-state index < -0.39 is 0 Å². The van der Waals surface area contributed by atoms with Crippen LogP contribution in [0.3, 0.4) is 0 Å². The molecule has 0 aromatic carbocycles. The summed E-state index contributed by atoms with van der Waals surface area (Å²) in [6.07, 6.45) is 18.5. The molecule has 0 aliphatic heterocycles. The van der Waals surface area contributed by atoms with Gasteiger partial charge in [-0.2, -0.15) is 0 Å². The van der Waals surface area contributed by atoms with E-state index in [2.05, 4.69) is 69.2 Å². The molecule has 0 heteroatoms. The Bertz CT molecular complexity index is 383. The summed E-state index contributed by atoms with van der Waals surface area (Å²) in [4.78, 5) is 0. The second-order valence-corrected chi connectivity index (χ2v) is 12.5. The van der Waals surface area contributed by atoms with Gasteiger partial charge in [0.15, 0.2) is 0 Å². The highest BCUT2D eigenvalue weighted by molar-refractivity contribution is 4.70. The molecule has 0 bridgehead atoms. The number of unbranched alkanes of at least 4 members (excludes halogenated alkanes) is 2. The predicted octanol–water partition coefficient (Wildman–Crippen LogP) is 11.2. The SMILES string of the molecule is CCCCC(C)CC(C)CC(C)C(C)CCCCC(C)CCC(CC)C(C)CC(C)C. The second-order valence-electron chi connectivity index (χ2n) is 12.5. The summed E-state index contributed by atoms with van der Waals surface area (Å²) >= 11 is 0. The van der Waals surface area contributed by atoms with Crippen molar-refractivity contribution in [2.75, 3.05) is 0 Å². The average Bonchev–Trinajstić information content (AvgIpc) is 2.69. The predicted molar refractivity (Wildman–Crippen MR) is 145 cm³/mol. The normalized spacial score (nSPS) is 19.1. The lowest BCUT2D eigenvalue weighted by molar-refractivity contribution is 0.254. The van der Waals surface area contributed by atoms with E-state index in [0.717, 1.165) is 47.3 Å². The van der Waals surface area contributed by atoms with Gasteiger partial charge in [0.2, 0.25) is 0 Å². The zero-order chi connectivity index (χ0) is 23.8. The Morgan fingerprint density at radius 3 is 1.65 bits per heavy atom. The summed E-state index contributed by atoms with van der Waals surface area (Å²) in [6.45, 7) is 24.5. The number of rotatable bonds is 20. The molecule has 0 rings (SSSR count). The first-order valence-corrected chi connectivity index (χ1v) is 14.6. The van der Waals surface area contributed by atoms with Crippen molar-refractivity contribution >= 4 is 0 Å². The number of hydrogen-bond acceptors (Lipinski definition) is 0. The molecule has 7 atom stereocenters. The minimum absolute atomic E-state index is 0.846. The molecule has 0 fully saturated rings. The fourth-order valence-corrected chi connectivity index (χ4v) is 6.03. The third-order valence-electron chi connectivity index (χ3n) is 8.41. The van der Waals surface area contributed by atoms with E-state index >= 15 is 0 Å². The topological polar surface area (TPSA) is 0 Å². The Hall–Kier alpha value is 0. The molecule has 7 unspecified atom stereocenters. The van der Waals surface area contributed by atoms with Gasteiger partial charge in [-0.05, 0) is 73.0 Å². The lowest BCUT2D eigenvalue weighted by Gasteiger charge is -2.26. The van der Waals surface area contributed by atoms with Crippen molar-refractivity contribution in [2.45, 2.75) is 153 Å². The van der Waals surface area contributed by atoms with Gasteiger partial charge in [0.25, 0.3) is 0 Å². The van der Waals surface area contributed by atoms with E-state index in [-0.39, 0.29) is 0 Å². The van der Waals surface area contributed by atoms with Crippen LogP contribution < -0.4 is 0 Å². The molecule has 0 nitrogen and oxygen atoms in total. The molecule has 188 valence electrons.